The fraction of sp³-hybridized carbons (Fsp3) is 0.400. The average Bonchev–Trinajstić information content (AvgIpc) is 2.72. The van der Waals surface area contributed by atoms with Crippen molar-refractivity contribution in [3.8, 4) is 0 Å². The highest BCUT2D eigenvalue weighted by Crippen LogP contribution is 2.24. The Morgan fingerprint density at radius 2 is 1.63 bits per heavy atom. The van der Waals surface area contributed by atoms with Crippen LogP contribution in [0.5, 0.6) is 0 Å². The molecule has 2 unspecified atom stereocenters. The zero-order chi connectivity index (χ0) is 19.5. The van der Waals surface area contributed by atoms with Crippen molar-refractivity contribution in [2.45, 2.75) is 52.6 Å². The quantitative estimate of drug-likeness (QED) is 0.324. The molecular formula is C25H32O2. The number of ether oxygens (including phenoxy) is 1. The van der Waals surface area contributed by atoms with Gasteiger partial charge in [-0.05, 0) is 44.1 Å². The van der Waals surface area contributed by atoms with Gasteiger partial charge in [0.15, 0.2) is 5.78 Å². The molecule has 2 atom stereocenters. The minimum atomic E-state index is -0.539. The van der Waals surface area contributed by atoms with E-state index >= 15 is 0 Å². The van der Waals surface area contributed by atoms with Crippen LogP contribution in [0.2, 0.25) is 0 Å². The number of carbonyl (C=O) groups excluding carboxylic acids is 1. The largest absolute Gasteiger partial charge is 0.365 e. The molecule has 0 aliphatic rings. The van der Waals surface area contributed by atoms with Crippen molar-refractivity contribution >= 4 is 5.78 Å². The summed E-state index contributed by atoms with van der Waals surface area (Å²) < 4.78 is 6.10. The fourth-order valence-corrected chi connectivity index (χ4v) is 2.99. The SMILES string of the molecule is CCC(C)=CCCC(C)CCOC(C(=O)c1ccccc1)c1ccccc1. The molecule has 0 fully saturated rings. The summed E-state index contributed by atoms with van der Waals surface area (Å²) in [6, 6.07) is 19.2. The Morgan fingerprint density at radius 1 is 1.00 bits per heavy atom. The second kappa shape index (κ2) is 11.5. The maximum Gasteiger partial charge on any atom is 0.196 e. The molecule has 2 aromatic rings. The van der Waals surface area contributed by atoms with Gasteiger partial charge in [0, 0.05) is 12.2 Å². The Kier molecular flexibility index (Phi) is 9.00. The van der Waals surface area contributed by atoms with E-state index in [9.17, 15) is 4.79 Å². The van der Waals surface area contributed by atoms with Crippen LogP contribution in [0.4, 0.5) is 0 Å². The summed E-state index contributed by atoms with van der Waals surface area (Å²) in [5, 5.41) is 0. The van der Waals surface area contributed by atoms with Crippen LogP contribution in [0, 0.1) is 5.92 Å². The lowest BCUT2D eigenvalue weighted by atomic mass is 9.99. The highest BCUT2D eigenvalue weighted by molar-refractivity contribution is 6.00. The first-order valence-corrected chi connectivity index (χ1v) is 10.0. The number of rotatable bonds is 11. The van der Waals surface area contributed by atoms with Gasteiger partial charge < -0.3 is 4.74 Å². The van der Waals surface area contributed by atoms with Gasteiger partial charge in [0.2, 0.25) is 0 Å². The van der Waals surface area contributed by atoms with Crippen LogP contribution in [0.1, 0.15) is 68.5 Å². The molecule has 2 heteroatoms. The van der Waals surface area contributed by atoms with Crippen LogP contribution < -0.4 is 0 Å². The predicted octanol–water partition coefficient (Wildman–Crippen LogP) is 6.79. The summed E-state index contributed by atoms with van der Waals surface area (Å²) in [4.78, 5) is 13.0. The van der Waals surface area contributed by atoms with E-state index in [1.807, 2.05) is 60.7 Å². The fourth-order valence-electron chi connectivity index (χ4n) is 2.99. The lowest BCUT2D eigenvalue weighted by molar-refractivity contribution is 0.0361. The molecule has 0 aromatic heterocycles. The Bertz CT molecular complexity index is 704. The molecule has 2 rings (SSSR count). The molecule has 0 heterocycles. The number of allylic oxidation sites excluding steroid dienone is 2. The van der Waals surface area contributed by atoms with Crippen LogP contribution in [0.25, 0.3) is 0 Å². The molecule has 27 heavy (non-hydrogen) atoms. The van der Waals surface area contributed by atoms with Crippen LogP contribution in [-0.2, 0) is 4.74 Å². The average molecular weight is 365 g/mol. The second-order valence-electron chi connectivity index (χ2n) is 7.27. The topological polar surface area (TPSA) is 26.3 Å². The van der Waals surface area contributed by atoms with Crippen LogP contribution >= 0.6 is 0 Å². The monoisotopic (exact) mass is 364 g/mol. The summed E-state index contributed by atoms with van der Waals surface area (Å²) in [5.41, 5.74) is 3.07. The number of ketones is 1. The number of carbonyl (C=O) groups is 1. The number of Topliss-reactive ketones (excluding diaryl/α,β-unsaturated/α-hetero) is 1. The van der Waals surface area contributed by atoms with E-state index in [1.54, 1.807) is 0 Å². The molecule has 2 aromatic carbocycles. The van der Waals surface area contributed by atoms with E-state index < -0.39 is 6.10 Å². The maximum atomic E-state index is 13.0. The first kappa shape index (κ1) is 21.1. The Balaban J connectivity index is 1.94. The minimum absolute atomic E-state index is 0.0240. The van der Waals surface area contributed by atoms with Gasteiger partial charge in [-0.3, -0.25) is 4.79 Å². The summed E-state index contributed by atoms with van der Waals surface area (Å²) in [6.07, 6.45) is 6.16. The highest BCUT2D eigenvalue weighted by Gasteiger charge is 2.22. The van der Waals surface area contributed by atoms with Crippen molar-refractivity contribution in [3.63, 3.8) is 0 Å². The van der Waals surface area contributed by atoms with Gasteiger partial charge in [0.25, 0.3) is 0 Å². The van der Waals surface area contributed by atoms with Gasteiger partial charge in [-0.25, -0.2) is 0 Å². The first-order valence-electron chi connectivity index (χ1n) is 10.0. The molecule has 0 saturated carbocycles. The third kappa shape index (κ3) is 7.15. The second-order valence-corrected chi connectivity index (χ2v) is 7.27. The van der Waals surface area contributed by atoms with Crippen LogP contribution in [0.3, 0.4) is 0 Å². The zero-order valence-corrected chi connectivity index (χ0v) is 16.9. The van der Waals surface area contributed by atoms with Gasteiger partial charge in [0.05, 0.1) is 0 Å². The van der Waals surface area contributed by atoms with E-state index in [4.69, 9.17) is 4.74 Å². The highest BCUT2D eigenvalue weighted by atomic mass is 16.5. The molecule has 0 bridgehead atoms. The van der Waals surface area contributed by atoms with Crippen molar-refractivity contribution in [1.82, 2.24) is 0 Å². The zero-order valence-electron chi connectivity index (χ0n) is 16.9. The molecule has 0 N–H and O–H groups in total. The summed E-state index contributed by atoms with van der Waals surface area (Å²) in [5.74, 6) is 0.602. The van der Waals surface area contributed by atoms with Gasteiger partial charge in [-0.15, -0.1) is 0 Å². The van der Waals surface area contributed by atoms with E-state index in [-0.39, 0.29) is 5.78 Å². The number of hydrogen-bond donors (Lipinski definition) is 0. The van der Waals surface area contributed by atoms with Crippen molar-refractivity contribution in [1.29, 1.82) is 0 Å². The van der Waals surface area contributed by atoms with Gasteiger partial charge >= 0.3 is 0 Å². The molecule has 0 radical (unpaired) electrons. The van der Waals surface area contributed by atoms with Crippen molar-refractivity contribution < 1.29 is 9.53 Å². The predicted molar refractivity (Wildman–Crippen MR) is 113 cm³/mol. The van der Waals surface area contributed by atoms with E-state index in [2.05, 4.69) is 26.8 Å². The molecule has 0 spiro atoms. The summed E-state index contributed by atoms with van der Waals surface area (Å²) in [6.45, 7) is 7.23. The molecule has 0 saturated heterocycles. The minimum Gasteiger partial charge on any atom is -0.365 e. The Hall–Kier alpha value is -2.19. The van der Waals surface area contributed by atoms with Crippen LogP contribution in [-0.4, -0.2) is 12.4 Å². The van der Waals surface area contributed by atoms with Crippen molar-refractivity contribution in [3.05, 3.63) is 83.4 Å². The van der Waals surface area contributed by atoms with E-state index in [0.29, 0.717) is 18.1 Å². The summed E-state index contributed by atoms with van der Waals surface area (Å²) >= 11 is 0. The maximum absolute atomic E-state index is 13.0. The molecule has 144 valence electrons. The smallest absolute Gasteiger partial charge is 0.196 e. The lowest BCUT2D eigenvalue weighted by Crippen LogP contribution is -2.18. The van der Waals surface area contributed by atoms with Gasteiger partial charge in [-0.2, -0.15) is 0 Å². The molecule has 2 nitrogen and oxygen atoms in total. The first-order chi connectivity index (χ1) is 13.1. The Morgan fingerprint density at radius 3 is 2.26 bits per heavy atom. The number of hydrogen-bond acceptors (Lipinski definition) is 2. The standard InChI is InChI=1S/C25H32O2/c1-4-20(2)12-11-13-21(3)18-19-27-25(23-16-9-6-10-17-23)24(26)22-14-7-5-8-15-22/h5-10,12,14-17,21,25H,4,11,13,18-19H2,1-3H3. The van der Waals surface area contributed by atoms with Gasteiger partial charge in [0.1, 0.15) is 6.10 Å². The molecule has 0 amide bonds. The van der Waals surface area contributed by atoms with E-state index in [1.165, 1.54) is 5.57 Å². The van der Waals surface area contributed by atoms with Crippen molar-refractivity contribution in [2.75, 3.05) is 6.61 Å². The third-order valence-electron chi connectivity index (χ3n) is 5.00. The normalized spacial score (nSPS) is 14.0. The number of benzene rings is 2. The summed E-state index contributed by atoms with van der Waals surface area (Å²) in [7, 11) is 0. The Labute approximate surface area is 164 Å². The molecule has 0 aliphatic heterocycles. The van der Waals surface area contributed by atoms with Gasteiger partial charge in [-0.1, -0.05) is 86.2 Å². The van der Waals surface area contributed by atoms with Crippen molar-refractivity contribution in [2.24, 2.45) is 5.92 Å². The van der Waals surface area contributed by atoms with E-state index in [0.717, 1.165) is 31.2 Å². The lowest BCUT2D eigenvalue weighted by Gasteiger charge is -2.19. The molecule has 0 aliphatic carbocycles. The molecular weight excluding hydrogens is 332 g/mol. The third-order valence-corrected chi connectivity index (χ3v) is 5.00. The van der Waals surface area contributed by atoms with Crippen LogP contribution in [0.15, 0.2) is 72.3 Å².